The van der Waals surface area contributed by atoms with Gasteiger partial charge >= 0.3 is 0 Å². The van der Waals surface area contributed by atoms with Gasteiger partial charge in [-0.1, -0.05) is 12.1 Å². The minimum absolute atomic E-state index is 0.0178. The van der Waals surface area contributed by atoms with Gasteiger partial charge in [-0.2, -0.15) is 5.10 Å². The third-order valence-electron chi connectivity index (χ3n) is 6.67. The van der Waals surface area contributed by atoms with Crippen molar-refractivity contribution in [1.29, 1.82) is 0 Å². The number of nitrogens with zero attached hydrogens (tertiary/aromatic N) is 5. The molecular weight excluding hydrogens is 454 g/mol. The van der Waals surface area contributed by atoms with Gasteiger partial charge in [-0.05, 0) is 60.9 Å². The lowest BCUT2D eigenvalue weighted by Crippen LogP contribution is -2.30. The highest BCUT2D eigenvalue weighted by molar-refractivity contribution is 6.06. The molecule has 1 unspecified atom stereocenters. The highest BCUT2D eigenvalue weighted by Crippen LogP contribution is 2.36. The van der Waals surface area contributed by atoms with Gasteiger partial charge in [0, 0.05) is 24.5 Å². The molecule has 1 fully saturated rings. The van der Waals surface area contributed by atoms with E-state index >= 15 is 0 Å². The third kappa shape index (κ3) is 4.00. The Kier molecular flexibility index (Phi) is 5.69. The Hall–Kier alpha value is -4.46. The number of hydrogen-bond donors (Lipinski definition) is 0. The van der Waals surface area contributed by atoms with Gasteiger partial charge in [0.15, 0.2) is 5.65 Å². The van der Waals surface area contributed by atoms with Crippen molar-refractivity contribution in [2.24, 2.45) is 0 Å². The first-order chi connectivity index (χ1) is 17.7. The van der Waals surface area contributed by atoms with Crippen LogP contribution >= 0.6 is 0 Å². The van der Waals surface area contributed by atoms with E-state index < -0.39 is 0 Å². The minimum atomic E-state index is -0.0320. The molecule has 1 saturated heterocycles. The molecule has 5 aromatic rings. The van der Waals surface area contributed by atoms with E-state index in [-0.39, 0.29) is 11.9 Å². The number of likely N-dealkylation sites (tertiary alicyclic amines) is 1. The van der Waals surface area contributed by atoms with E-state index in [0.29, 0.717) is 30.0 Å². The summed E-state index contributed by atoms with van der Waals surface area (Å²) in [5.41, 5.74) is 3.81. The third-order valence-corrected chi connectivity index (χ3v) is 6.67. The highest BCUT2D eigenvalue weighted by Gasteiger charge is 2.32. The Morgan fingerprint density at radius 2 is 2.08 bits per heavy atom. The molecule has 4 aromatic heterocycles. The molecule has 0 aliphatic carbocycles. The van der Waals surface area contributed by atoms with E-state index in [0.717, 1.165) is 40.9 Å². The fourth-order valence-electron chi connectivity index (χ4n) is 4.91. The maximum atomic E-state index is 14.1. The smallest absolute Gasteiger partial charge is 0.255 e. The van der Waals surface area contributed by atoms with Crippen LogP contribution in [-0.2, 0) is 6.54 Å². The number of rotatable bonds is 6. The number of furan rings is 1. The molecule has 36 heavy (non-hydrogen) atoms. The van der Waals surface area contributed by atoms with Gasteiger partial charge in [-0.15, -0.1) is 0 Å². The SMILES string of the molecule is COc1cccc(C2CCCN2C(=O)c2cc(-c3cccnc3)nc3c2cnn3Cc2ccco2)c1. The van der Waals surface area contributed by atoms with Gasteiger partial charge < -0.3 is 14.1 Å². The average molecular weight is 480 g/mol. The molecule has 1 aliphatic rings. The second-order valence-electron chi connectivity index (χ2n) is 8.85. The lowest BCUT2D eigenvalue weighted by molar-refractivity contribution is 0.0737. The molecule has 1 atom stereocenters. The maximum absolute atomic E-state index is 14.1. The van der Waals surface area contributed by atoms with Crippen LogP contribution in [-0.4, -0.2) is 44.2 Å². The lowest BCUT2D eigenvalue weighted by Gasteiger charge is -2.26. The second kappa shape index (κ2) is 9.30. The number of aromatic nitrogens is 4. The molecule has 5 heterocycles. The van der Waals surface area contributed by atoms with Crippen LogP contribution in [0.15, 0.2) is 83.9 Å². The number of amides is 1. The van der Waals surface area contributed by atoms with Gasteiger partial charge in [0.05, 0.1) is 42.3 Å². The Morgan fingerprint density at radius 1 is 1.14 bits per heavy atom. The summed E-state index contributed by atoms with van der Waals surface area (Å²) < 4.78 is 12.7. The maximum Gasteiger partial charge on any atom is 0.255 e. The van der Waals surface area contributed by atoms with Crippen molar-refractivity contribution in [3.8, 4) is 17.0 Å². The van der Waals surface area contributed by atoms with Gasteiger partial charge in [-0.25, -0.2) is 9.67 Å². The Bertz CT molecular complexity index is 1510. The lowest BCUT2D eigenvalue weighted by atomic mass is 10.0. The molecule has 1 aliphatic heterocycles. The zero-order chi connectivity index (χ0) is 24.5. The van der Waals surface area contributed by atoms with Crippen molar-refractivity contribution < 1.29 is 13.9 Å². The Labute approximate surface area is 208 Å². The van der Waals surface area contributed by atoms with Crippen LogP contribution in [0.2, 0.25) is 0 Å². The molecule has 0 spiro atoms. The fraction of sp³-hybridized carbons (Fsp3) is 0.214. The predicted octanol–water partition coefficient (Wildman–Crippen LogP) is 5.12. The van der Waals surface area contributed by atoms with Crippen LogP contribution in [0, 0.1) is 0 Å². The highest BCUT2D eigenvalue weighted by atomic mass is 16.5. The summed E-state index contributed by atoms with van der Waals surface area (Å²) >= 11 is 0. The van der Waals surface area contributed by atoms with E-state index in [1.54, 1.807) is 36.6 Å². The van der Waals surface area contributed by atoms with Crippen molar-refractivity contribution in [3.05, 3.63) is 96.3 Å². The molecular formula is C28H25N5O3. The van der Waals surface area contributed by atoms with Crippen molar-refractivity contribution in [3.63, 3.8) is 0 Å². The Balaban J connectivity index is 1.44. The van der Waals surface area contributed by atoms with Crippen molar-refractivity contribution >= 4 is 16.9 Å². The van der Waals surface area contributed by atoms with Crippen LogP contribution in [0.3, 0.4) is 0 Å². The normalized spacial score (nSPS) is 15.5. The number of methoxy groups -OCH3 is 1. The van der Waals surface area contributed by atoms with Crippen molar-refractivity contribution in [1.82, 2.24) is 24.6 Å². The minimum Gasteiger partial charge on any atom is -0.497 e. The van der Waals surface area contributed by atoms with Crippen LogP contribution in [0.25, 0.3) is 22.3 Å². The topological polar surface area (TPSA) is 86.3 Å². The van der Waals surface area contributed by atoms with E-state index in [9.17, 15) is 4.79 Å². The molecule has 0 bridgehead atoms. The second-order valence-corrected chi connectivity index (χ2v) is 8.85. The number of pyridine rings is 2. The summed E-state index contributed by atoms with van der Waals surface area (Å²) in [5.74, 6) is 1.52. The molecule has 0 N–H and O–H groups in total. The molecule has 6 rings (SSSR count). The fourth-order valence-corrected chi connectivity index (χ4v) is 4.91. The van der Waals surface area contributed by atoms with Crippen molar-refractivity contribution in [2.45, 2.75) is 25.4 Å². The van der Waals surface area contributed by atoms with Gasteiger partial charge in [-0.3, -0.25) is 9.78 Å². The van der Waals surface area contributed by atoms with E-state index in [1.807, 2.05) is 53.4 Å². The molecule has 0 radical (unpaired) electrons. The number of hydrogen-bond acceptors (Lipinski definition) is 6. The quantitative estimate of drug-likeness (QED) is 0.336. The first kappa shape index (κ1) is 22.0. The van der Waals surface area contributed by atoms with Crippen LogP contribution in [0.1, 0.15) is 40.6 Å². The van der Waals surface area contributed by atoms with Crippen LogP contribution < -0.4 is 4.74 Å². The molecule has 180 valence electrons. The van der Waals surface area contributed by atoms with Gasteiger partial charge in [0.2, 0.25) is 0 Å². The number of ether oxygens (including phenoxy) is 1. The first-order valence-corrected chi connectivity index (χ1v) is 12.0. The van der Waals surface area contributed by atoms with Crippen molar-refractivity contribution in [2.75, 3.05) is 13.7 Å². The number of carbonyl (C=O) groups excluding carboxylic acids is 1. The summed E-state index contributed by atoms with van der Waals surface area (Å²) in [4.78, 5) is 25.2. The van der Waals surface area contributed by atoms with Crippen LogP contribution in [0.5, 0.6) is 5.75 Å². The van der Waals surface area contributed by atoms with Gasteiger partial charge in [0.1, 0.15) is 18.1 Å². The first-order valence-electron chi connectivity index (χ1n) is 12.0. The van der Waals surface area contributed by atoms with E-state index in [1.165, 1.54) is 0 Å². The van der Waals surface area contributed by atoms with Gasteiger partial charge in [0.25, 0.3) is 5.91 Å². The molecule has 8 heteroatoms. The average Bonchev–Trinajstić information content (AvgIpc) is 3.70. The summed E-state index contributed by atoms with van der Waals surface area (Å²) in [6.45, 7) is 1.11. The van der Waals surface area contributed by atoms with E-state index in [4.69, 9.17) is 14.1 Å². The monoisotopic (exact) mass is 479 g/mol. The number of fused-ring (bicyclic) bond motifs is 1. The predicted molar refractivity (Wildman–Crippen MR) is 135 cm³/mol. The Morgan fingerprint density at radius 3 is 2.89 bits per heavy atom. The molecule has 8 nitrogen and oxygen atoms in total. The summed E-state index contributed by atoms with van der Waals surface area (Å²) in [6, 6.07) is 17.4. The standard InChI is InChI=1S/C28H25N5O3/c1-35-21-8-2-6-19(14-21)26-10-4-12-32(26)28(34)23-15-25(20-7-3-11-29-16-20)31-27-24(23)17-30-33(27)18-22-9-5-13-36-22/h2-3,5-9,11,13-17,26H,4,10,12,18H2,1H3. The van der Waals surface area contributed by atoms with Crippen LogP contribution in [0.4, 0.5) is 0 Å². The molecule has 1 aromatic carbocycles. The number of benzene rings is 1. The summed E-state index contributed by atoms with van der Waals surface area (Å²) in [6.07, 6.45) is 8.68. The zero-order valence-electron chi connectivity index (χ0n) is 19.9. The van der Waals surface area contributed by atoms with E-state index in [2.05, 4.69) is 16.1 Å². The molecule has 0 saturated carbocycles. The number of carbonyl (C=O) groups is 1. The summed E-state index contributed by atoms with van der Waals surface area (Å²) in [7, 11) is 1.66. The zero-order valence-corrected chi connectivity index (χ0v) is 19.9. The summed E-state index contributed by atoms with van der Waals surface area (Å²) in [5, 5.41) is 5.28. The molecule has 1 amide bonds. The largest absolute Gasteiger partial charge is 0.497 e.